The van der Waals surface area contributed by atoms with E-state index in [0.717, 1.165) is 0 Å². The van der Waals surface area contributed by atoms with E-state index in [1.807, 2.05) is 0 Å². The van der Waals surface area contributed by atoms with E-state index in [1.54, 1.807) is 6.07 Å². The molecule has 2 N–H and O–H groups in total. The van der Waals surface area contributed by atoms with Crippen LogP contribution in [0.5, 0.6) is 0 Å². The lowest BCUT2D eigenvalue weighted by Gasteiger charge is -2.07. The Kier molecular flexibility index (Phi) is 2.72. The van der Waals surface area contributed by atoms with Gasteiger partial charge in [0, 0.05) is 5.30 Å². The van der Waals surface area contributed by atoms with Gasteiger partial charge in [0.2, 0.25) is 0 Å². The molecule has 0 fully saturated rings. The lowest BCUT2D eigenvalue weighted by molar-refractivity contribution is 0.212. The zero-order chi connectivity index (χ0) is 10.8. The van der Waals surface area contributed by atoms with Gasteiger partial charge in [0.1, 0.15) is 0 Å². The van der Waals surface area contributed by atoms with E-state index in [1.165, 1.54) is 24.3 Å². The summed E-state index contributed by atoms with van der Waals surface area (Å²) < 4.78 is 11.6. The minimum Gasteiger partial charge on any atom is -0.475 e. The third kappa shape index (κ3) is 1.54. The highest BCUT2D eigenvalue weighted by Crippen LogP contribution is 2.45. The van der Waals surface area contributed by atoms with E-state index in [-0.39, 0.29) is 5.30 Å². The van der Waals surface area contributed by atoms with E-state index < -0.39 is 18.6 Å². The molecule has 14 heavy (non-hydrogen) atoms. The molecule has 74 valence electrons. The fourth-order valence-electron chi connectivity index (χ4n) is 0.941. The van der Waals surface area contributed by atoms with Crippen LogP contribution in [-0.2, 0) is 4.57 Å². The van der Waals surface area contributed by atoms with E-state index >= 15 is 0 Å². The standard InChI is InChI=1S/C8H7O5P/c9-7(10)14(13,8(11)12)6-4-2-1-3-5-6/h1-5H,(H,9,10)(H,11,12). The predicted octanol–water partition coefficient (Wildman–Crippen LogP) is 2.03. The maximum atomic E-state index is 11.6. The highest BCUT2D eigenvalue weighted by Gasteiger charge is 2.42. The third-order valence-electron chi connectivity index (χ3n) is 1.66. The lowest BCUT2D eigenvalue weighted by Crippen LogP contribution is -2.16. The van der Waals surface area contributed by atoms with E-state index in [4.69, 9.17) is 10.2 Å². The second-order valence-electron chi connectivity index (χ2n) is 2.51. The number of hydrogen-bond acceptors (Lipinski definition) is 3. The second-order valence-corrected chi connectivity index (χ2v) is 5.01. The molecule has 0 amide bonds. The minimum atomic E-state index is -4.38. The summed E-state index contributed by atoms with van der Waals surface area (Å²) in [5.74, 6) is 0. The molecule has 0 spiro atoms. The largest absolute Gasteiger partial charge is 0.475 e. The minimum absolute atomic E-state index is 0.181. The molecule has 6 heteroatoms. The topological polar surface area (TPSA) is 91.7 Å². The number of benzene rings is 1. The maximum absolute atomic E-state index is 11.6. The molecule has 0 aromatic heterocycles. The van der Waals surface area contributed by atoms with Gasteiger partial charge in [0.05, 0.1) is 0 Å². The summed E-state index contributed by atoms with van der Waals surface area (Å²) in [6, 6.07) is 6.91. The number of carboxylic acid groups (broad SMARTS) is 2. The van der Waals surface area contributed by atoms with Crippen molar-refractivity contribution >= 4 is 23.9 Å². The number of rotatable bonds is 3. The van der Waals surface area contributed by atoms with Gasteiger partial charge in [-0.15, -0.1) is 0 Å². The first-order valence-electron chi connectivity index (χ1n) is 3.62. The summed E-state index contributed by atoms with van der Waals surface area (Å²) in [7, 11) is -4.38. The van der Waals surface area contributed by atoms with Crippen molar-refractivity contribution in [2.75, 3.05) is 0 Å². The molecule has 0 aliphatic rings. The van der Waals surface area contributed by atoms with Gasteiger partial charge in [-0.3, -0.25) is 4.57 Å². The van der Waals surface area contributed by atoms with Gasteiger partial charge >= 0.3 is 18.6 Å². The molecule has 0 bridgehead atoms. The Balaban J connectivity index is 3.35. The van der Waals surface area contributed by atoms with Crippen LogP contribution >= 0.6 is 7.14 Å². The van der Waals surface area contributed by atoms with Crippen molar-refractivity contribution < 1.29 is 24.4 Å². The highest BCUT2D eigenvalue weighted by molar-refractivity contribution is 7.99. The van der Waals surface area contributed by atoms with Gasteiger partial charge in [0.15, 0.2) is 0 Å². The van der Waals surface area contributed by atoms with Crippen molar-refractivity contribution in [2.24, 2.45) is 0 Å². The summed E-state index contributed by atoms with van der Waals surface area (Å²) in [6.45, 7) is 0. The van der Waals surface area contributed by atoms with Crippen LogP contribution in [0.25, 0.3) is 0 Å². The van der Waals surface area contributed by atoms with E-state index in [9.17, 15) is 14.2 Å². The Bertz CT molecular complexity index is 393. The van der Waals surface area contributed by atoms with Crippen LogP contribution in [0, 0.1) is 0 Å². The van der Waals surface area contributed by atoms with Crippen LogP contribution in [0.4, 0.5) is 9.59 Å². The van der Waals surface area contributed by atoms with Gasteiger partial charge in [-0.05, 0) is 0 Å². The summed E-state index contributed by atoms with van der Waals surface area (Å²) in [4.78, 5) is 21.2. The van der Waals surface area contributed by atoms with Crippen molar-refractivity contribution in [3.63, 3.8) is 0 Å². The van der Waals surface area contributed by atoms with Crippen LogP contribution < -0.4 is 5.30 Å². The first-order chi connectivity index (χ1) is 6.49. The molecule has 1 rings (SSSR count). The van der Waals surface area contributed by atoms with Gasteiger partial charge in [0.25, 0.3) is 0 Å². The Morgan fingerprint density at radius 2 is 1.43 bits per heavy atom. The second kappa shape index (κ2) is 3.64. The Labute approximate surface area is 79.4 Å². The molecule has 0 saturated heterocycles. The molecule has 5 nitrogen and oxygen atoms in total. The molecular formula is C8H7O5P. The van der Waals surface area contributed by atoms with Crippen molar-refractivity contribution in [1.82, 2.24) is 0 Å². The van der Waals surface area contributed by atoms with Crippen LogP contribution in [0.3, 0.4) is 0 Å². The monoisotopic (exact) mass is 214 g/mol. The van der Waals surface area contributed by atoms with Gasteiger partial charge in [-0.1, -0.05) is 30.3 Å². The van der Waals surface area contributed by atoms with Crippen LogP contribution in [0.2, 0.25) is 0 Å². The third-order valence-corrected chi connectivity index (χ3v) is 3.76. The zero-order valence-corrected chi connectivity index (χ0v) is 7.85. The SMILES string of the molecule is O=C(O)P(=O)(C(=O)O)c1ccccc1. The quantitative estimate of drug-likeness (QED) is 0.751. The van der Waals surface area contributed by atoms with Crippen molar-refractivity contribution in [2.45, 2.75) is 0 Å². The van der Waals surface area contributed by atoms with Gasteiger partial charge in [-0.25, -0.2) is 9.59 Å². The summed E-state index contributed by atoms with van der Waals surface area (Å²) in [5.41, 5.74) is -3.62. The van der Waals surface area contributed by atoms with Gasteiger partial charge < -0.3 is 10.2 Å². The molecule has 0 radical (unpaired) electrons. The Morgan fingerprint density at radius 3 is 1.79 bits per heavy atom. The first-order valence-corrected chi connectivity index (χ1v) is 5.33. The molecule has 0 heterocycles. The predicted molar refractivity (Wildman–Crippen MR) is 49.7 cm³/mol. The molecule has 0 atom stereocenters. The normalized spacial score (nSPS) is 10.9. The lowest BCUT2D eigenvalue weighted by atomic mass is 10.4. The van der Waals surface area contributed by atoms with E-state index in [0.29, 0.717) is 0 Å². The summed E-state index contributed by atoms with van der Waals surface area (Å²) in [6.07, 6.45) is 0. The van der Waals surface area contributed by atoms with Crippen LogP contribution in [0.1, 0.15) is 0 Å². The molecule has 0 unspecified atom stereocenters. The number of hydrogen-bond donors (Lipinski definition) is 2. The zero-order valence-electron chi connectivity index (χ0n) is 6.95. The molecule has 0 saturated carbocycles. The maximum Gasteiger partial charge on any atom is 0.377 e. The molecule has 0 aliphatic carbocycles. The van der Waals surface area contributed by atoms with Crippen LogP contribution in [0.15, 0.2) is 30.3 Å². The number of carbonyl (C=O) groups is 2. The smallest absolute Gasteiger partial charge is 0.377 e. The van der Waals surface area contributed by atoms with Crippen molar-refractivity contribution in [1.29, 1.82) is 0 Å². The van der Waals surface area contributed by atoms with Gasteiger partial charge in [-0.2, -0.15) is 0 Å². The average Bonchev–Trinajstić information content (AvgIpc) is 2.17. The van der Waals surface area contributed by atoms with Crippen LogP contribution in [-0.4, -0.2) is 21.6 Å². The Hall–Kier alpha value is -1.61. The average molecular weight is 214 g/mol. The highest BCUT2D eigenvalue weighted by atomic mass is 31.2. The Morgan fingerprint density at radius 1 is 1.00 bits per heavy atom. The van der Waals surface area contributed by atoms with Crippen molar-refractivity contribution in [3.8, 4) is 0 Å². The first kappa shape index (κ1) is 10.5. The fourth-order valence-corrected chi connectivity index (χ4v) is 2.14. The summed E-state index contributed by atoms with van der Waals surface area (Å²) >= 11 is 0. The molecule has 0 aliphatic heterocycles. The fraction of sp³-hybridized carbons (Fsp3) is 0. The molecule has 1 aromatic carbocycles. The molecule has 1 aromatic rings. The van der Waals surface area contributed by atoms with E-state index in [2.05, 4.69) is 0 Å². The molecular weight excluding hydrogens is 207 g/mol. The summed E-state index contributed by atoms with van der Waals surface area (Å²) in [5, 5.41) is 17.0. The van der Waals surface area contributed by atoms with Crippen molar-refractivity contribution in [3.05, 3.63) is 30.3 Å².